The van der Waals surface area contributed by atoms with E-state index in [4.69, 9.17) is 18.9 Å². The molecule has 0 unspecified atom stereocenters. The molecule has 0 bridgehead atoms. The molecule has 0 aliphatic rings. The molecule has 164 valence electrons. The molecule has 2 aromatic carbocycles. The number of carbonyl (C=O) groups is 2. The van der Waals surface area contributed by atoms with Gasteiger partial charge in [0.15, 0.2) is 11.5 Å². The highest BCUT2D eigenvalue weighted by atomic mass is 16.6. The minimum atomic E-state index is -0.549. The lowest BCUT2D eigenvalue weighted by molar-refractivity contribution is -0.130. The summed E-state index contributed by atoms with van der Waals surface area (Å²) in [6.07, 6.45) is 4.16. The van der Waals surface area contributed by atoms with Crippen LogP contribution in [0.2, 0.25) is 0 Å². The monoisotopic (exact) mass is 424 g/mol. The van der Waals surface area contributed by atoms with E-state index in [0.29, 0.717) is 29.4 Å². The fourth-order valence-electron chi connectivity index (χ4n) is 2.71. The van der Waals surface area contributed by atoms with Crippen LogP contribution in [0.3, 0.4) is 0 Å². The van der Waals surface area contributed by atoms with E-state index in [2.05, 4.69) is 20.1 Å². The summed E-state index contributed by atoms with van der Waals surface area (Å²) in [7, 11) is 1.50. The molecule has 0 heterocycles. The summed E-state index contributed by atoms with van der Waals surface area (Å²) in [6, 6.07) is 10.3. The van der Waals surface area contributed by atoms with Crippen molar-refractivity contribution < 1.29 is 28.5 Å². The van der Waals surface area contributed by atoms with Crippen LogP contribution in [0.15, 0.2) is 61.2 Å². The molecule has 6 nitrogen and oxygen atoms in total. The number of unbranched alkanes of at least 4 members (excludes halogenated alkanes) is 2. The number of hydrogen-bond donors (Lipinski definition) is 0. The molecule has 0 aromatic heterocycles. The second-order valence-electron chi connectivity index (χ2n) is 6.87. The highest BCUT2D eigenvalue weighted by Crippen LogP contribution is 2.41. The van der Waals surface area contributed by atoms with Gasteiger partial charge in [-0.05, 0) is 37.1 Å². The Hall–Kier alpha value is -3.54. The molecule has 2 aromatic rings. The van der Waals surface area contributed by atoms with E-state index in [1.54, 1.807) is 43.3 Å². The summed E-state index contributed by atoms with van der Waals surface area (Å²) < 4.78 is 22.0. The first-order chi connectivity index (χ1) is 14.9. The van der Waals surface area contributed by atoms with E-state index in [0.717, 1.165) is 30.9 Å². The summed E-state index contributed by atoms with van der Waals surface area (Å²) in [6.45, 7) is 11.2. The quantitative estimate of drug-likeness (QED) is 0.205. The van der Waals surface area contributed by atoms with Crippen molar-refractivity contribution in [3.8, 4) is 34.1 Å². The first-order valence-corrected chi connectivity index (χ1v) is 10.1. The predicted octanol–water partition coefficient (Wildman–Crippen LogP) is 5.50. The summed E-state index contributed by atoms with van der Waals surface area (Å²) >= 11 is 0. The Bertz CT molecular complexity index is 943. The number of rotatable bonds is 11. The first kappa shape index (κ1) is 23.7. The van der Waals surface area contributed by atoms with Crippen LogP contribution >= 0.6 is 0 Å². The lowest BCUT2D eigenvalue weighted by Crippen LogP contribution is -2.09. The van der Waals surface area contributed by atoms with Gasteiger partial charge in [0.25, 0.3) is 0 Å². The molecule has 0 fully saturated rings. The van der Waals surface area contributed by atoms with E-state index >= 15 is 0 Å². The van der Waals surface area contributed by atoms with Crippen molar-refractivity contribution >= 4 is 11.9 Å². The third-order valence-corrected chi connectivity index (χ3v) is 4.37. The van der Waals surface area contributed by atoms with Crippen LogP contribution in [-0.2, 0) is 9.59 Å². The highest BCUT2D eigenvalue weighted by Gasteiger charge is 2.17. The second-order valence-corrected chi connectivity index (χ2v) is 6.87. The van der Waals surface area contributed by atoms with Gasteiger partial charge in [0.05, 0.1) is 13.7 Å². The summed E-state index contributed by atoms with van der Waals surface area (Å²) in [5.41, 5.74) is 1.78. The van der Waals surface area contributed by atoms with Crippen molar-refractivity contribution in [1.82, 2.24) is 0 Å². The Balaban J connectivity index is 2.44. The molecule has 0 atom stereocenters. The number of benzene rings is 2. The topological polar surface area (TPSA) is 71.1 Å². The first-order valence-electron chi connectivity index (χ1n) is 10.1. The normalized spacial score (nSPS) is 10.2. The molecule has 6 heteroatoms. The molecule has 2 rings (SSSR count). The van der Waals surface area contributed by atoms with E-state index < -0.39 is 11.9 Å². The van der Waals surface area contributed by atoms with E-state index in [9.17, 15) is 9.59 Å². The average molecular weight is 424 g/mol. The van der Waals surface area contributed by atoms with Crippen LogP contribution in [0.25, 0.3) is 11.1 Å². The largest absolute Gasteiger partial charge is 0.493 e. The number of ether oxygens (including phenoxy) is 4. The summed E-state index contributed by atoms with van der Waals surface area (Å²) in [5.74, 6) is 0.535. The van der Waals surface area contributed by atoms with E-state index in [1.807, 2.05) is 0 Å². The maximum atomic E-state index is 12.1. The Labute approximate surface area is 183 Å². The second kappa shape index (κ2) is 11.6. The average Bonchev–Trinajstić information content (AvgIpc) is 2.77. The molecule has 0 aliphatic heterocycles. The van der Waals surface area contributed by atoms with Crippen LogP contribution in [0.1, 0.15) is 33.1 Å². The molecule has 0 saturated carbocycles. The fourth-order valence-corrected chi connectivity index (χ4v) is 2.71. The van der Waals surface area contributed by atoms with Crippen molar-refractivity contribution in [2.24, 2.45) is 0 Å². The Kier molecular flexibility index (Phi) is 8.88. The van der Waals surface area contributed by atoms with Gasteiger partial charge in [-0.1, -0.05) is 45.1 Å². The van der Waals surface area contributed by atoms with Gasteiger partial charge < -0.3 is 18.9 Å². The third-order valence-electron chi connectivity index (χ3n) is 4.37. The predicted molar refractivity (Wildman–Crippen MR) is 120 cm³/mol. The maximum absolute atomic E-state index is 12.1. The van der Waals surface area contributed by atoms with Crippen molar-refractivity contribution in [2.75, 3.05) is 13.7 Å². The van der Waals surface area contributed by atoms with E-state index in [-0.39, 0.29) is 11.3 Å². The van der Waals surface area contributed by atoms with Crippen LogP contribution in [0.5, 0.6) is 23.0 Å². The zero-order chi connectivity index (χ0) is 22.8. The molecule has 0 spiro atoms. The van der Waals surface area contributed by atoms with E-state index in [1.165, 1.54) is 7.11 Å². The number of carbonyl (C=O) groups excluding carboxylic acids is 2. The van der Waals surface area contributed by atoms with Gasteiger partial charge in [-0.3, -0.25) is 0 Å². The van der Waals surface area contributed by atoms with Crippen molar-refractivity contribution in [3.63, 3.8) is 0 Å². The molecular weight excluding hydrogens is 396 g/mol. The molecule has 0 saturated heterocycles. The van der Waals surface area contributed by atoms with Crippen molar-refractivity contribution in [3.05, 3.63) is 61.2 Å². The van der Waals surface area contributed by atoms with Gasteiger partial charge in [0.2, 0.25) is 0 Å². The third kappa shape index (κ3) is 6.74. The van der Waals surface area contributed by atoms with Gasteiger partial charge in [-0.15, -0.1) is 0 Å². The highest BCUT2D eigenvalue weighted by molar-refractivity contribution is 5.89. The van der Waals surface area contributed by atoms with Gasteiger partial charge in [-0.25, -0.2) is 9.59 Å². The number of hydrogen-bond acceptors (Lipinski definition) is 6. The SMILES string of the molecule is C=CC(=O)Oc1ccc(-c2cc(OC(=O)C(=C)C)c(OC)cc2OCCCCC)cc1. The Morgan fingerprint density at radius 1 is 1.00 bits per heavy atom. The Morgan fingerprint density at radius 2 is 1.71 bits per heavy atom. The van der Waals surface area contributed by atoms with Crippen LogP contribution in [0.4, 0.5) is 0 Å². The number of esters is 2. The van der Waals surface area contributed by atoms with Gasteiger partial charge in [0, 0.05) is 23.3 Å². The zero-order valence-electron chi connectivity index (χ0n) is 18.2. The van der Waals surface area contributed by atoms with Crippen LogP contribution < -0.4 is 18.9 Å². The molecule has 0 N–H and O–H groups in total. The Morgan fingerprint density at radius 3 is 2.29 bits per heavy atom. The maximum Gasteiger partial charge on any atom is 0.338 e. The molecule has 31 heavy (non-hydrogen) atoms. The van der Waals surface area contributed by atoms with Crippen LogP contribution in [0, 0.1) is 0 Å². The molecule has 0 aliphatic carbocycles. The summed E-state index contributed by atoms with van der Waals surface area (Å²) in [5, 5.41) is 0. The molecule has 0 amide bonds. The zero-order valence-corrected chi connectivity index (χ0v) is 18.2. The number of methoxy groups -OCH3 is 1. The molecule has 0 radical (unpaired) electrons. The fraction of sp³-hybridized carbons (Fsp3) is 0.280. The van der Waals surface area contributed by atoms with Crippen LogP contribution in [-0.4, -0.2) is 25.7 Å². The minimum Gasteiger partial charge on any atom is -0.493 e. The minimum absolute atomic E-state index is 0.258. The lowest BCUT2D eigenvalue weighted by Gasteiger charge is -2.17. The summed E-state index contributed by atoms with van der Waals surface area (Å²) in [4.78, 5) is 23.5. The lowest BCUT2D eigenvalue weighted by atomic mass is 10.0. The van der Waals surface area contributed by atoms with Gasteiger partial charge >= 0.3 is 11.9 Å². The standard InChI is InChI=1S/C25H28O6/c1-6-8-9-14-29-21-16-22(28-5)23(31-25(27)17(3)4)15-20(21)18-10-12-19(13-11-18)30-24(26)7-2/h7,10-13,15-16H,2-3,6,8-9,14H2,1,4-5H3. The van der Waals surface area contributed by atoms with Gasteiger partial charge in [-0.2, -0.15) is 0 Å². The van der Waals surface area contributed by atoms with Crippen molar-refractivity contribution in [2.45, 2.75) is 33.1 Å². The molecular formula is C25H28O6. The smallest absolute Gasteiger partial charge is 0.338 e. The van der Waals surface area contributed by atoms with Crippen molar-refractivity contribution in [1.29, 1.82) is 0 Å². The van der Waals surface area contributed by atoms with Gasteiger partial charge in [0.1, 0.15) is 11.5 Å².